The molecule has 0 radical (unpaired) electrons. The molecule has 4 rings (SSSR count). The Balaban J connectivity index is 0.000000970. The van der Waals surface area contributed by atoms with Crippen LogP contribution in [0.1, 0.15) is 27.7 Å². The van der Waals surface area contributed by atoms with Crippen LogP contribution in [0.4, 0.5) is 0 Å². The topological polar surface area (TPSA) is 177 Å². The smallest absolute Gasteiger partial charge is 0.261 e. The van der Waals surface area contributed by atoms with Crippen molar-refractivity contribution in [2.75, 3.05) is 0 Å². The maximum Gasteiger partial charge on any atom is 0.342 e. The van der Waals surface area contributed by atoms with Crippen LogP contribution in [0, 0.1) is 0 Å². The summed E-state index contributed by atoms with van der Waals surface area (Å²) in [5.74, 6) is -4.77. The van der Waals surface area contributed by atoms with Crippen molar-refractivity contribution in [3.05, 3.63) is 48.5 Å². The highest BCUT2D eigenvalue weighted by atomic mass is 32.3. The summed E-state index contributed by atoms with van der Waals surface area (Å²) in [5, 5.41) is 0. The molecule has 0 N–H and O–H groups in total. The average Bonchev–Trinajstić information content (AvgIpc) is 3.07. The van der Waals surface area contributed by atoms with Gasteiger partial charge in [-0.3, -0.25) is 9.59 Å². The van der Waals surface area contributed by atoms with Crippen molar-refractivity contribution >= 4 is 51.9 Å². The van der Waals surface area contributed by atoms with E-state index in [9.17, 15) is 43.3 Å². The van der Waals surface area contributed by atoms with Crippen molar-refractivity contribution in [3.63, 3.8) is 0 Å². The Bertz CT molecular complexity index is 1370. The summed E-state index contributed by atoms with van der Waals surface area (Å²) in [6.45, 7) is 8.00. The minimum atomic E-state index is -5.11. The zero-order valence-corrected chi connectivity index (χ0v) is 21.5. The van der Waals surface area contributed by atoms with Gasteiger partial charge in [-0.1, -0.05) is 52.0 Å². The van der Waals surface area contributed by atoms with Gasteiger partial charge < -0.3 is 0 Å². The standard InChI is InChI=1S/C14H8N2O10S4.2C2H6/c17-13(15-27(19,20)9-5-1-2-6-10(9)28(15,21)22)14(18)16-29(23,24)11-7-3-4-8-12(11)30(16,25)26;2*1-2/h1-8H;2*1-2H3. The summed E-state index contributed by atoms with van der Waals surface area (Å²) in [6.07, 6.45) is 0. The maximum atomic E-state index is 12.6. The molecule has 2 aliphatic heterocycles. The maximum absolute atomic E-state index is 12.6. The lowest BCUT2D eigenvalue weighted by atomic mass is 10.4. The van der Waals surface area contributed by atoms with E-state index < -0.39 is 78.9 Å². The van der Waals surface area contributed by atoms with Gasteiger partial charge in [0.1, 0.15) is 19.6 Å². The molecule has 12 nitrogen and oxygen atoms in total. The van der Waals surface area contributed by atoms with Gasteiger partial charge in [0.25, 0.3) is 40.1 Å². The van der Waals surface area contributed by atoms with Gasteiger partial charge in [-0.05, 0) is 24.3 Å². The first kappa shape index (κ1) is 27.4. The fourth-order valence-electron chi connectivity index (χ4n) is 2.96. The highest BCUT2D eigenvalue weighted by Crippen LogP contribution is 2.39. The van der Waals surface area contributed by atoms with E-state index in [4.69, 9.17) is 0 Å². The van der Waals surface area contributed by atoms with E-state index in [0.717, 1.165) is 48.5 Å². The number of nitrogens with zero attached hydrogens (tertiary/aromatic N) is 2. The molecule has 0 saturated carbocycles. The van der Waals surface area contributed by atoms with Crippen LogP contribution in [0.3, 0.4) is 0 Å². The lowest BCUT2D eigenvalue weighted by molar-refractivity contribution is -0.142. The Morgan fingerprint density at radius 2 is 0.647 bits per heavy atom. The molecular formula is C18H20N2O10S4. The Hall–Kier alpha value is -2.82. The third-order valence-electron chi connectivity index (χ3n) is 4.20. The van der Waals surface area contributed by atoms with Crippen molar-refractivity contribution in [2.45, 2.75) is 47.3 Å². The number of carbonyl (C=O) groups excluding carboxylic acids is 2. The highest BCUT2D eigenvalue weighted by Gasteiger charge is 2.58. The molecule has 0 aliphatic carbocycles. The number of hydrogen-bond acceptors (Lipinski definition) is 10. The zero-order valence-electron chi connectivity index (χ0n) is 18.2. The second kappa shape index (κ2) is 9.09. The van der Waals surface area contributed by atoms with Gasteiger partial charge in [0.15, 0.2) is 0 Å². The number of benzene rings is 2. The Morgan fingerprint density at radius 3 is 0.824 bits per heavy atom. The molecular weight excluding hydrogens is 532 g/mol. The lowest BCUT2D eigenvalue weighted by Gasteiger charge is -2.17. The molecule has 0 bridgehead atoms. The van der Waals surface area contributed by atoms with E-state index in [-0.39, 0.29) is 0 Å². The van der Waals surface area contributed by atoms with Gasteiger partial charge in [0.05, 0.1) is 0 Å². The summed E-state index contributed by atoms with van der Waals surface area (Å²) in [7, 11) is -20.4. The molecule has 186 valence electrons. The monoisotopic (exact) mass is 552 g/mol. The van der Waals surface area contributed by atoms with E-state index in [2.05, 4.69) is 0 Å². The largest absolute Gasteiger partial charge is 0.342 e. The van der Waals surface area contributed by atoms with Gasteiger partial charge in [-0.15, -0.1) is 7.42 Å². The Labute approximate surface area is 198 Å². The third-order valence-corrected chi connectivity index (χ3v) is 12.9. The van der Waals surface area contributed by atoms with Gasteiger partial charge >= 0.3 is 11.8 Å². The fourth-order valence-corrected chi connectivity index (χ4v) is 11.4. The first-order chi connectivity index (χ1) is 15.8. The van der Waals surface area contributed by atoms with Gasteiger partial charge in [0.2, 0.25) is 0 Å². The molecule has 2 aromatic rings. The minimum Gasteiger partial charge on any atom is -0.261 e. The van der Waals surface area contributed by atoms with E-state index >= 15 is 0 Å². The van der Waals surface area contributed by atoms with Crippen molar-refractivity contribution in [3.8, 4) is 0 Å². The number of sulfonamides is 4. The van der Waals surface area contributed by atoms with E-state index in [1.54, 1.807) is 0 Å². The third kappa shape index (κ3) is 3.70. The van der Waals surface area contributed by atoms with Crippen LogP contribution in [0.2, 0.25) is 0 Å². The molecule has 0 fully saturated rings. The molecule has 2 heterocycles. The highest BCUT2D eigenvalue weighted by molar-refractivity contribution is 8.08. The molecule has 34 heavy (non-hydrogen) atoms. The molecule has 0 aromatic heterocycles. The first-order valence-electron chi connectivity index (χ1n) is 9.64. The predicted octanol–water partition coefficient (Wildman–Crippen LogP) is 0.878. The lowest BCUT2D eigenvalue weighted by Crippen LogP contribution is -2.49. The van der Waals surface area contributed by atoms with Gasteiger partial charge in [-0.2, -0.15) is 33.7 Å². The molecule has 0 unspecified atom stereocenters. The summed E-state index contributed by atoms with van der Waals surface area (Å²) in [5.41, 5.74) is 0. The number of carbonyl (C=O) groups is 2. The van der Waals surface area contributed by atoms with Crippen LogP contribution in [0.25, 0.3) is 0 Å². The van der Waals surface area contributed by atoms with E-state index in [1.165, 1.54) is 0 Å². The summed E-state index contributed by atoms with van der Waals surface area (Å²) < 4.78 is 98.9. The number of fused-ring (bicyclic) bond motifs is 2. The number of amides is 2. The van der Waals surface area contributed by atoms with Crippen LogP contribution in [0.5, 0.6) is 0 Å². The van der Waals surface area contributed by atoms with Crippen molar-refractivity contribution in [1.82, 2.24) is 7.42 Å². The van der Waals surface area contributed by atoms with Gasteiger partial charge in [-0.25, -0.2) is 0 Å². The summed E-state index contributed by atoms with van der Waals surface area (Å²) in [6, 6.07) is 8.08. The summed E-state index contributed by atoms with van der Waals surface area (Å²) >= 11 is 0. The molecule has 16 heteroatoms. The molecule has 2 aliphatic rings. The summed E-state index contributed by atoms with van der Waals surface area (Å²) in [4.78, 5) is 21.9. The van der Waals surface area contributed by atoms with Crippen LogP contribution in [0.15, 0.2) is 68.1 Å². The molecule has 0 spiro atoms. The molecule has 0 atom stereocenters. The normalized spacial score (nSPS) is 19.4. The van der Waals surface area contributed by atoms with Gasteiger partial charge in [0, 0.05) is 0 Å². The average molecular weight is 553 g/mol. The Morgan fingerprint density at radius 1 is 0.471 bits per heavy atom. The van der Waals surface area contributed by atoms with Crippen LogP contribution < -0.4 is 0 Å². The van der Waals surface area contributed by atoms with E-state index in [1.807, 2.05) is 27.7 Å². The number of hydrogen-bond donors (Lipinski definition) is 0. The van der Waals surface area contributed by atoms with Crippen molar-refractivity contribution in [1.29, 1.82) is 0 Å². The van der Waals surface area contributed by atoms with Crippen LogP contribution in [-0.4, -0.2) is 52.9 Å². The minimum absolute atomic E-state index is 0.805. The van der Waals surface area contributed by atoms with Crippen molar-refractivity contribution < 1.29 is 43.3 Å². The SMILES string of the molecule is CC.CC.O=C(C(=O)N1S(=O)(=O)c2ccccc2S1(=O)=O)N1S(=O)(=O)c2ccccc2S1(=O)=O. The second-order valence-electron chi connectivity index (χ2n) is 5.92. The molecule has 2 aromatic carbocycles. The quantitative estimate of drug-likeness (QED) is 0.426. The predicted molar refractivity (Wildman–Crippen MR) is 118 cm³/mol. The van der Waals surface area contributed by atoms with E-state index in [0.29, 0.717) is 0 Å². The fraction of sp³-hybridized carbons (Fsp3) is 0.222. The molecule has 0 saturated heterocycles. The van der Waals surface area contributed by atoms with Crippen molar-refractivity contribution in [2.24, 2.45) is 0 Å². The molecule has 2 amide bonds. The Kier molecular flexibility index (Phi) is 7.33. The van der Waals surface area contributed by atoms with Crippen LogP contribution >= 0.6 is 0 Å². The van der Waals surface area contributed by atoms with Crippen LogP contribution in [-0.2, 0) is 49.7 Å². The number of rotatable bonds is 0. The first-order valence-corrected chi connectivity index (χ1v) is 15.4. The zero-order chi connectivity index (χ0) is 26.3. The second-order valence-corrected chi connectivity index (χ2v) is 13.4.